The molecule has 6 nitrogen and oxygen atoms in total. The first kappa shape index (κ1) is 15.3. The zero-order chi connectivity index (χ0) is 16.6. The van der Waals surface area contributed by atoms with Crippen LogP contribution in [0.2, 0.25) is 0 Å². The number of pyridine rings is 1. The second-order valence-corrected chi connectivity index (χ2v) is 6.53. The highest BCUT2D eigenvalue weighted by Gasteiger charge is 2.35. The Morgan fingerprint density at radius 1 is 1.39 bits per heavy atom. The van der Waals surface area contributed by atoms with Crippen molar-refractivity contribution in [3.63, 3.8) is 0 Å². The van der Waals surface area contributed by atoms with Crippen LogP contribution in [-0.2, 0) is 6.42 Å². The molecule has 0 bridgehead atoms. The lowest BCUT2D eigenvalue weighted by Gasteiger charge is -2.28. The molecule has 0 unspecified atom stereocenters. The van der Waals surface area contributed by atoms with Gasteiger partial charge in [-0.3, -0.25) is 14.6 Å². The largest absolute Gasteiger partial charge is 0.494 e. The minimum absolute atomic E-state index is 0.000742. The van der Waals surface area contributed by atoms with E-state index in [1.165, 1.54) is 13.3 Å². The summed E-state index contributed by atoms with van der Waals surface area (Å²) in [7, 11) is 1.52. The maximum atomic E-state index is 12.6. The van der Waals surface area contributed by atoms with E-state index < -0.39 is 0 Å². The van der Waals surface area contributed by atoms with Crippen LogP contribution < -0.4 is 10.1 Å². The molecule has 1 aliphatic rings. The average molecular weight is 313 g/mol. The number of ether oxygens (including phenoxy) is 1. The van der Waals surface area contributed by atoms with Gasteiger partial charge in [-0.25, -0.2) is 0 Å². The zero-order valence-electron chi connectivity index (χ0n) is 13.4. The third-order valence-corrected chi connectivity index (χ3v) is 4.03. The highest BCUT2D eigenvalue weighted by atomic mass is 16.5. The molecule has 120 valence electrons. The first-order valence-electron chi connectivity index (χ1n) is 7.44. The molecule has 0 aliphatic heterocycles. The van der Waals surface area contributed by atoms with E-state index in [1.54, 1.807) is 18.5 Å². The molecule has 0 radical (unpaired) electrons. The zero-order valence-corrected chi connectivity index (χ0v) is 13.4. The number of nitrogens with zero attached hydrogens (tertiary/aromatic N) is 1. The number of hydrogen-bond donors (Lipinski definition) is 2. The molecule has 3 rings (SSSR count). The number of fused-ring (bicyclic) bond motifs is 1. The summed E-state index contributed by atoms with van der Waals surface area (Å²) in [6, 6.07) is 1.66. The van der Waals surface area contributed by atoms with Crippen LogP contribution in [0.3, 0.4) is 0 Å². The number of ketones is 1. The van der Waals surface area contributed by atoms with Gasteiger partial charge in [0.05, 0.1) is 24.4 Å². The Hall–Kier alpha value is -2.63. The van der Waals surface area contributed by atoms with Crippen molar-refractivity contribution < 1.29 is 14.3 Å². The van der Waals surface area contributed by atoms with Crippen molar-refractivity contribution in [3.05, 3.63) is 41.5 Å². The number of rotatable bonds is 3. The van der Waals surface area contributed by atoms with Crippen LogP contribution in [0.1, 0.15) is 46.7 Å². The Morgan fingerprint density at radius 3 is 2.91 bits per heavy atom. The van der Waals surface area contributed by atoms with Gasteiger partial charge in [0.2, 0.25) is 0 Å². The lowest BCUT2D eigenvalue weighted by molar-refractivity contribution is 0.0902. The van der Waals surface area contributed by atoms with E-state index in [1.807, 2.05) is 0 Å². The van der Waals surface area contributed by atoms with Crippen molar-refractivity contribution in [2.75, 3.05) is 12.4 Å². The molecule has 0 atom stereocenters. The molecule has 23 heavy (non-hydrogen) atoms. The van der Waals surface area contributed by atoms with E-state index in [9.17, 15) is 9.59 Å². The Bertz CT molecular complexity index is 777. The first-order valence-corrected chi connectivity index (χ1v) is 7.44. The van der Waals surface area contributed by atoms with Crippen LogP contribution in [0.5, 0.6) is 5.75 Å². The number of nitrogens with one attached hydrogen (secondary N) is 2. The summed E-state index contributed by atoms with van der Waals surface area (Å²) < 4.78 is 5.20. The van der Waals surface area contributed by atoms with Gasteiger partial charge in [0, 0.05) is 30.6 Å². The van der Waals surface area contributed by atoms with Gasteiger partial charge in [0.25, 0.3) is 5.91 Å². The number of hydrogen-bond acceptors (Lipinski definition) is 4. The molecule has 0 saturated heterocycles. The van der Waals surface area contributed by atoms with E-state index >= 15 is 0 Å². The van der Waals surface area contributed by atoms with E-state index in [0.29, 0.717) is 29.0 Å². The molecule has 0 spiro atoms. The average Bonchev–Trinajstić information content (AvgIpc) is 2.90. The standard InChI is InChI=1S/C17H19N3O3/c1-17(2)6-11-15(13(21)7-17)10(8-19-11)16(22)20-12-9-18-5-4-14(12)23-3/h4-5,8-9,19H,6-7H2,1-3H3,(H,20,22). The molecule has 2 N–H and O–H groups in total. The molecule has 2 aromatic rings. The summed E-state index contributed by atoms with van der Waals surface area (Å²) in [6.07, 6.45) is 5.88. The third kappa shape index (κ3) is 2.84. The van der Waals surface area contributed by atoms with E-state index in [2.05, 4.69) is 29.1 Å². The number of aromatic amines is 1. The van der Waals surface area contributed by atoms with Gasteiger partial charge in [0.1, 0.15) is 11.4 Å². The number of carbonyl (C=O) groups is 2. The van der Waals surface area contributed by atoms with Crippen molar-refractivity contribution in [1.29, 1.82) is 0 Å². The molecule has 0 fully saturated rings. The van der Waals surface area contributed by atoms with Crippen LogP contribution in [0.4, 0.5) is 5.69 Å². The van der Waals surface area contributed by atoms with Gasteiger partial charge in [-0.2, -0.15) is 0 Å². The van der Waals surface area contributed by atoms with Gasteiger partial charge in [-0.05, 0) is 11.8 Å². The molecule has 0 saturated carbocycles. The fourth-order valence-electron chi connectivity index (χ4n) is 3.01. The van der Waals surface area contributed by atoms with Crippen molar-refractivity contribution in [1.82, 2.24) is 9.97 Å². The quantitative estimate of drug-likeness (QED) is 0.912. The molecule has 6 heteroatoms. The Kier molecular flexibility index (Phi) is 3.67. The van der Waals surface area contributed by atoms with Crippen LogP contribution in [-0.4, -0.2) is 28.8 Å². The Balaban J connectivity index is 1.90. The van der Waals surface area contributed by atoms with Crippen molar-refractivity contribution in [2.45, 2.75) is 26.7 Å². The summed E-state index contributed by atoms with van der Waals surface area (Å²) in [5.74, 6) is 0.174. The molecule has 2 heterocycles. The predicted molar refractivity (Wildman–Crippen MR) is 86.0 cm³/mol. The van der Waals surface area contributed by atoms with Crippen LogP contribution >= 0.6 is 0 Å². The van der Waals surface area contributed by atoms with Gasteiger partial charge in [0.15, 0.2) is 5.78 Å². The highest BCUT2D eigenvalue weighted by molar-refractivity contribution is 6.14. The normalized spacial score (nSPS) is 15.9. The monoisotopic (exact) mass is 313 g/mol. The number of H-pyrrole nitrogens is 1. The van der Waals surface area contributed by atoms with Crippen LogP contribution in [0, 0.1) is 5.41 Å². The van der Waals surface area contributed by atoms with Gasteiger partial charge < -0.3 is 15.0 Å². The SMILES string of the molecule is COc1ccncc1NC(=O)c1c[nH]c2c1C(=O)CC(C)(C)C2. The lowest BCUT2D eigenvalue weighted by atomic mass is 9.75. The van der Waals surface area contributed by atoms with E-state index in [4.69, 9.17) is 4.74 Å². The lowest BCUT2D eigenvalue weighted by Crippen LogP contribution is -2.28. The number of aromatic nitrogens is 2. The molecular formula is C17H19N3O3. The molecule has 0 aromatic carbocycles. The first-order chi connectivity index (χ1) is 10.9. The molecule has 1 aliphatic carbocycles. The highest BCUT2D eigenvalue weighted by Crippen LogP contribution is 2.36. The van der Waals surface area contributed by atoms with Crippen molar-refractivity contribution in [3.8, 4) is 5.75 Å². The number of carbonyl (C=O) groups excluding carboxylic acids is 2. The predicted octanol–water partition coefficient (Wildman–Crippen LogP) is 2.83. The number of anilines is 1. The van der Waals surface area contributed by atoms with E-state index in [-0.39, 0.29) is 17.1 Å². The van der Waals surface area contributed by atoms with Gasteiger partial charge >= 0.3 is 0 Å². The summed E-state index contributed by atoms with van der Waals surface area (Å²) in [6.45, 7) is 4.10. The number of methoxy groups -OCH3 is 1. The molecular weight excluding hydrogens is 294 g/mol. The molecule has 1 amide bonds. The Morgan fingerprint density at radius 2 is 2.17 bits per heavy atom. The van der Waals surface area contributed by atoms with Crippen LogP contribution in [0.15, 0.2) is 24.7 Å². The van der Waals surface area contributed by atoms with Gasteiger partial charge in [-0.15, -0.1) is 0 Å². The van der Waals surface area contributed by atoms with Gasteiger partial charge in [-0.1, -0.05) is 13.8 Å². The summed E-state index contributed by atoms with van der Waals surface area (Å²) in [5.41, 5.74) is 2.08. The minimum atomic E-state index is -0.346. The van der Waals surface area contributed by atoms with E-state index in [0.717, 1.165) is 12.1 Å². The Labute approximate surface area is 134 Å². The number of Topliss-reactive ketones (excluding diaryl/α,β-unsaturated/α-hetero) is 1. The molecule has 2 aromatic heterocycles. The summed E-state index contributed by atoms with van der Waals surface area (Å²) in [4.78, 5) is 32.0. The fraction of sp³-hybridized carbons (Fsp3) is 0.353. The topological polar surface area (TPSA) is 84.1 Å². The second kappa shape index (κ2) is 5.53. The third-order valence-electron chi connectivity index (χ3n) is 4.03. The summed E-state index contributed by atoms with van der Waals surface area (Å²) >= 11 is 0. The van der Waals surface area contributed by atoms with Crippen molar-refractivity contribution >= 4 is 17.4 Å². The second-order valence-electron chi connectivity index (χ2n) is 6.53. The van der Waals surface area contributed by atoms with Crippen molar-refractivity contribution in [2.24, 2.45) is 5.41 Å². The van der Waals surface area contributed by atoms with Crippen LogP contribution in [0.25, 0.3) is 0 Å². The summed E-state index contributed by atoms with van der Waals surface area (Å²) in [5, 5.41) is 2.76. The maximum absolute atomic E-state index is 12.6. The smallest absolute Gasteiger partial charge is 0.258 e. The maximum Gasteiger partial charge on any atom is 0.258 e. The number of amides is 1. The fourth-order valence-corrected chi connectivity index (χ4v) is 3.01. The minimum Gasteiger partial charge on any atom is -0.494 e.